The molecule has 0 aliphatic heterocycles. The van der Waals surface area contributed by atoms with Gasteiger partial charge >= 0.3 is 0 Å². The lowest BCUT2D eigenvalue weighted by Crippen LogP contribution is -1.90. The van der Waals surface area contributed by atoms with E-state index in [-0.39, 0.29) is 0 Å². The van der Waals surface area contributed by atoms with Crippen LogP contribution in [0.1, 0.15) is 44.7 Å². The van der Waals surface area contributed by atoms with Crippen molar-refractivity contribution in [3.8, 4) is 0 Å². The van der Waals surface area contributed by atoms with Crippen LogP contribution in [0.15, 0.2) is 18.2 Å². The standard InChI is InChI=1S/C10H13Cl.C2H6/c1-7(2)10-6-9(11)5-4-8(10)3;1-2/h4-7H,1-3H3;1-2H3. The maximum Gasteiger partial charge on any atom is 0.0409 e. The molecule has 0 amide bonds. The predicted octanol–water partition coefficient (Wildman–Crippen LogP) is 4.80. The zero-order valence-electron chi connectivity index (χ0n) is 9.19. The second-order valence-corrected chi connectivity index (χ2v) is 3.59. The molecule has 13 heavy (non-hydrogen) atoms. The summed E-state index contributed by atoms with van der Waals surface area (Å²) in [6.45, 7) is 10.5. The van der Waals surface area contributed by atoms with E-state index in [1.54, 1.807) is 0 Å². The normalized spacial score (nSPS) is 9.46. The van der Waals surface area contributed by atoms with Crippen LogP contribution in [0.25, 0.3) is 0 Å². The fourth-order valence-electron chi connectivity index (χ4n) is 1.23. The smallest absolute Gasteiger partial charge is 0.0409 e. The number of halogens is 1. The van der Waals surface area contributed by atoms with Crippen LogP contribution in [0.3, 0.4) is 0 Å². The van der Waals surface area contributed by atoms with Crippen molar-refractivity contribution < 1.29 is 0 Å². The quantitative estimate of drug-likeness (QED) is 0.608. The number of rotatable bonds is 1. The second kappa shape index (κ2) is 6.04. The van der Waals surface area contributed by atoms with Gasteiger partial charge in [0.2, 0.25) is 0 Å². The van der Waals surface area contributed by atoms with Gasteiger partial charge in [0.15, 0.2) is 0 Å². The van der Waals surface area contributed by atoms with Crippen LogP contribution in [0.4, 0.5) is 0 Å². The zero-order valence-corrected chi connectivity index (χ0v) is 9.94. The van der Waals surface area contributed by atoms with Crippen molar-refractivity contribution in [2.45, 2.75) is 40.5 Å². The first-order chi connectivity index (χ1) is 6.11. The SMILES string of the molecule is CC.Cc1ccc(Cl)cc1C(C)C. The minimum absolute atomic E-state index is 0.564. The van der Waals surface area contributed by atoms with Gasteiger partial charge in [0.05, 0.1) is 0 Å². The molecule has 0 saturated heterocycles. The minimum Gasteiger partial charge on any atom is -0.0843 e. The molecule has 0 aromatic heterocycles. The summed E-state index contributed by atoms with van der Waals surface area (Å²) < 4.78 is 0. The molecule has 0 fully saturated rings. The highest BCUT2D eigenvalue weighted by molar-refractivity contribution is 6.30. The maximum absolute atomic E-state index is 5.86. The fourth-order valence-corrected chi connectivity index (χ4v) is 1.41. The molecule has 1 rings (SSSR count). The van der Waals surface area contributed by atoms with E-state index >= 15 is 0 Å². The summed E-state index contributed by atoms with van der Waals surface area (Å²) in [7, 11) is 0. The lowest BCUT2D eigenvalue weighted by Gasteiger charge is -2.08. The third-order valence-electron chi connectivity index (χ3n) is 1.86. The molecule has 0 N–H and O–H groups in total. The third-order valence-corrected chi connectivity index (χ3v) is 2.10. The molecule has 0 spiro atoms. The van der Waals surface area contributed by atoms with Crippen molar-refractivity contribution in [2.75, 3.05) is 0 Å². The molecule has 74 valence electrons. The third kappa shape index (κ3) is 3.82. The summed E-state index contributed by atoms with van der Waals surface area (Å²) in [6.07, 6.45) is 0. The second-order valence-electron chi connectivity index (χ2n) is 3.16. The van der Waals surface area contributed by atoms with Crippen molar-refractivity contribution in [2.24, 2.45) is 0 Å². The summed E-state index contributed by atoms with van der Waals surface area (Å²) in [5.74, 6) is 0.564. The Bertz CT molecular complexity index is 251. The van der Waals surface area contributed by atoms with Gasteiger partial charge in [0.1, 0.15) is 0 Å². The van der Waals surface area contributed by atoms with E-state index < -0.39 is 0 Å². The summed E-state index contributed by atoms with van der Waals surface area (Å²) >= 11 is 5.86. The van der Waals surface area contributed by atoms with Crippen molar-refractivity contribution in [3.63, 3.8) is 0 Å². The molecule has 1 heteroatoms. The fraction of sp³-hybridized carbons (Fsp3) is 0.500. The van der Waals surface area contributed by atoms with Crippen molar-refractivity contribution in [1.82, 2.24) is 0 Å². The van der Waals surface area contributed by atoms with E-state index in [1.165, 1.54) is 11.1 Å². The van der Waals surface area contributed by atoms with Crippen LogP contribution in [0.2, 0.25) is 5.02 Å². The van der Waals surface area contributed by atoms with E-state index in [2.05, 4.69) is 26.8 Å². The lowest BCUT2D eigenvalue weighted by atomic mass is 9.98. The van der Waals surface area contributed by atoms with E-state index in [9.17, 15) is 0 Å². The molecule has 0 atom stereocenters. The van der Waals surface area contributed by atoms with Gasteiger partial charge in [-0.2, -0.15) is 0 Å². The Morgan fingerprint density at radius 1 is 1.15 bits per heavy atom. The Morgan fingerprint density at radius 3 is 2.08 bits per heavy atom. The first-order valence-corrected chi connectivity index (χ1v) is 5.25. The van der Waals surface area contributed by atoms with E-state index in [0.29, 0.717) is 5.92 Å². The molecule has 0 saturated carbocycles. The monoisotopic (exact) mass is 198 g/mol. The molecular weight excluding hydrogens is 180 g/mol. The molecule has 0 radical (unpaired) electrons. The molecule has 0 unspecified atom stereocenters. The Labute approximate surface area is 86.9 Å². The van der Waals surface area contributed by atoms with Gasteiger partial charge in [-0.3, -0.25) is 0 Å². The van der Waals surface area contributed by atoms with Crippen molar-refractivity contribution in [3.05, 3.63) is 34.3 Å². The molecule has 1 aromatic carbocycles. The van der Waals surface area contributed by atoms with Crippen molar-refractivity contribution in [1.29, 1.82) is 0 Å². The highest BCUT2D eigenvalue weighted by atomic mass is 35.5. The van der Waals surface area contributed by atoms with Gasteiger partial charge < -0.3 is 0 Å². The van der Waals surface area contributed by atoms with Crippen LogP contribution in [0.5, 0.6) is 0 Å². The molecule has 0 aliphatic carbocycles. The van der Waals surface area contributed by atoms with Crippen molar-refractivity contribution >= 4 is 11.6 Å². The number of aryl methyl sites for hydroxylation is 1. The average Bonchev–Trinajstić information content (AvgIpc) is 2.12. The topological polar surface area (TPSA) is 0 Å². The largest absolute Gasteiger partial charge is 0.0843 e. The van der Waals surface area contributed by atoms with Gasteiger partial charge in [0.25, 0.3) is 0 Å². The minimum atomic E-state index is 0.564. The van der Waals surface area contributed by atoms with Crippen LogP contribution in [0, 0.1) is 6.92 Å². The van der Waals surface area contributed by atoms with E-state index in [1.807, 2.05) is 26.0 Å². The van der Waals surface area contributed by atoms with E-state index in [4.69, 9.17) is 11.6 Å². The van der Waals surface area contributed by atoms with Gasteiger partial charge in [-0.1, -0.05) is 45.4 Å². The first-order valence-electron chi connectivity index (χ1n) is 4.87. The molecule has 0 heterocycles. The number of hydrogen-bond acceptors (Lipinski definition) is 0. The van der Waals surface area contributed by atoms with E-state index in [0.717, 1.165) is 5.02 Å². The van der Waals surface area contributed by atoms with Crippen LogP contribution in [-0.4, -0.2) is 0 Å². The van der Waals surface area contributed by atoms with Crippen LogP contribution < -0.4 is 0 Å². The molecule has 0 nitrogen and oxygen atoms in total. The van der Waals surface area contributed by atoms with Crippen LogP contribution >= 0.6 is 11.6 Å². The maximum atomic E-state index is 5.86. The molecule has 0 bridgehead atoms. The average molecular weight is 199 g/mol. The highest BCUT2D eigenvalue weighted by Gasteiger charge is 2.02. The lowest BCUT2D eigenvalue weighted by molar-refractivity contribution is 0.857. The Balaban J connectivity index is 0.000000671. The number of benzene rings is 1. The first kappa shape index (κ1) is 12.5. The highest BCUT2D eigenvalue weighted by Crippen LogP contribution is 2.22. The van der Waals surface area contributed by atoms with Gasteiger partial charge in [-0.05, 0) is 36.1 Å². The molecule has 0 aliphatic rings. The van der Waals surface area contributed by atoms with Gasteiger partial charge in [0, 0.05) is 5.02 Å². The molecular formula is C12H19Cl. The van der Waals surface area contributed by atoms with Gasteiger partial charge in [-0.15, -0.1) is 0 Å². The number of hydrogen-bond donors (Lipinski definition) is 0. The summed E-state index contributed by atoms with van der Waals surface area (Å²) in [5.41, 5.74) is 2.67. The summed E-state index contributed by atoms with van der Waals surface area (Å²) in [4.78, 5) is 0. The zero-order chi connectivity index (χ0) is 10.4. The Morgan fingerprint density at radius 2 is 1.69 bits per heavy atom. The van der Waals surface area contributed by atoms with Gasteiger partial charge in [-0.25, -0.2) is 0 Å². The molecule has 1 aromatic rings. The Kier molecular flexibility index (Phi) is 5.81. The summed E-state index contributed by atoms with van der Waals surface area (Å²) in [5, 5.41) is 0.833. The predicted molar refractivity (Wildman–Crippen MR) is 61.6 cm³/mol. The Hall–Kier alpha value is -0.490. The summed E-state index contributed by atoms with van der Waals surface area (Å²) in [6, 6.07) is 6.04. The van der Waals surface area contributed by atoms with Crippen LogP contribution in [-0.2, 0) is 0 Å².